The maximum absolute atomic E-state index is 13.3. The van der Waals surface area contributed by atoms with Crippen LogP contribution in [-0.2, 0) is 22.8 Å². The van der Waals surface area contributed by atoms with Gasteiger partial charge in [0.2, 0.25) is 0 Å². The highest BCUT2D eigenvalue weighted by Gasteiger charge is 2.36. The molecule has 4 aromatic rings. The van der Waals surface area contributed by atoms with Crippen LogP contribution in [0.4, 0.5) is 16.2 Å². The summed E-state index contributed by atoms with van der Waals surface area (Å²) in [5.74, 6) is -0.640. The molecule has 0 spiro atoms. The second kappa shape index (κ2) is 12.9. The van der Waals surface area contributed by atoms with E-state index in [4.69, 9.17) is 21.1 Å². The number of amides is 4. The van der Waals surface area contributed by atoms with Gasteiger partial charge in [0.05, 0.1) is 15.1 Å². The first-order valence-electron chi connectivity index (χ1n) is 12.7. The second-order valence-electron chi connectivity index (χ2n) is 9.27. The minimum Gasteiger partial charge on any atom is -0.489 e. The molecule has 4 aromatic carbocycles. The van der Waals surface area contributed by atoms with E-state index in [1.807, 2.05) is 12.1 Å². The van der Waals surface area contributed by atoms with Crippen LogP contribution >= 0.6 is 27.5 Å². The number of non-ortho nitro benzene ring substituents is 1. The van der Waals surface area contributed by atoms with Crippen LogP contribution in [-0.4, -0.2) is 22.8 Å². The van der Waals surface area contributed by atoms with Gasteiger partial charge < -0.3 is 9.47 Å². The number of carbonyl (C=O) groups excluding carboxylic acids is 3. The van der Waals surface area contributed by atoms with E-state index in [0.717, 1.165) is 10.5 Å². The van der Waals surface area contributed by atoms with Gasteiger partial charge in [0, 0.05) is 17.2 Å². The number of benzene rings is 4. The number of hydrogen-bond donors (Lipinski definition) is 1. The normalized spacial score (nSPS) is 14.0. The third-order valence-corrected chi connectivity index (χ3v) is 7.17. The number of rotatable bonds is 9. The zero-order valence-electron chi connectivity index (χ0n) is 22.2. The van der Waals surface area contributed by atoms with E-state index in [1.54, 1.807) is 66.7 Å². The summed E-state index contributed by atoms with van der Waals surface area (Å²) in [4.78, 5) is 50.0. The Hall–Kier alpha value is -5.00. The quantitative estimate of drug-likeness (QED) is 0.0900. The molecule has 0 saturated carbocycles. The average Bonchev–Trinajstić information content (AvgIpc) is 2.99. The highest BCUT2D eigenvalue weighted by Crippen LogP contribution is 2.30. The highest BCUT2D eigenvalue weighted by atomic mass is 79.9. The fourth-order valence-corrected chi connectivity index (χ4v) is 4.78. The summed E-state index contributed by atoms with van der Waals surface area (Å²) < 4.78 is 12.1. The van der Waals surface area contributed by atoms with E-state index in [2.05, 4.69) is 21.2 Å². The number of nitrogens with one attached hydrogen (secondary N) is 1. The molecule has 5 rings (SSSR count). The smallest absolute Gasteiger partial charge is 0.335 e. The number of anilines is 1. The van der Waals surface area contributed by atoms with Crippen LogP contribution in [0.3, 0.4) is 0 Å². The number of nitro groups is 1. The fraction of sp³-hybridized carbons (Fsp3) is 0.0645. The van der Waals surface area contributed by atoms with Crippen molar-refractivity contribution < 1.29 is 28.8 Å². The zero-order chi connectivity index (χ0) is 30.5. The van der Waals surface area contributed by atoms with Gasteiger partial charge in [0.15, 0.2) is 0 Å². The summed E-state index contributed by atoms with van der Waals surface area (Å²) in [7, 11) is 0. The van der Waals surface area contributed by atoms with Crippen molar-refractivity contribution >= 4 is 62.8 Å². The van der Waals surface area contributed by atoms with Crippen LogP contribution in [0.2, 0.25) is 5.02 Å². The average molecular weight is 663 g/mol. The van der Waals surface area contributed by atoms with Crippen molar-refractivity contribution in [3.63, 3.8) is 0 Å². The van der Waals surface area contributed by atoms with E-state index in [-0.39, 0.29) is 23.6 Å². The number of urea groups is 1. The van der Waals surface area contributed by atoms with Crippen molar-refractivity contribution in [1.29, 1.82) is 0 Å². The molecule has 0 atom stereocenters. The van der Waals surface area contributed by atoms with Gasteiger partial charge in [-0.25, -0.2) is 9.69 Å². The van der Waals surface area contributed by atoms with Gasteiger partial charge in [-0.1, -0.05) is 41.9 Å². The number of nitro benzene ring substituents is 1. The van der Waals surface area contributed by atoms with Crippen molar-refractivity contribution in [2.45, 2.75) is 13.2 Å². The Labute approximate surface area is 258 Å². The Bertz CT molecular complexity index is 1760. The number of carbonyl (C=O) groups is 3. The number of ether oxygens (including phenoxy) is 2. The first kappa shape index (κ1) is 29.5. The minimum absolute atomic E-state index is 0.0384. The molecule has 216 valence electrons. The van der Waals surface area contributed by atoms with Crippen LogP contribution < -0.4 is 19.7 Å². The van der Waals surface area contributed by atoms with Crippen LogP contribution in [0.25, 0.3) is 6.08 Å². The standard InChI is InChI=1S/C31H21BrClN3O7/c32-27-16-20(6-13-28(27)43-18-21-2-1-3-24(14-21)36(40)41)15-26-29(37)34-31(39)35(30(26)38)23-9-11-25(12-10-23)42-17-19-4-7-22(33)8-5-19/h1-16H,17-18H2,(H,34,37,39)/b26-15+. The summed E-state index contributed by atoms with van der Waals surface area (Å²) >= 11 is 9.33. The first-order chi connectivity index (χ1) is 20.7. The van der Waals surface area contributed by atoms with E-state index in [0.29, 0.717) is 38.7 Å². The second-order valence-corrected chi connectivity index (χ2v) is 10.6. The maximum atomic E-state index is 13.3. The van der Waals surface area contributed by atoms with Crippen LogP contribution in [0, 0.1) is 10.1 Å². The molecule has 10 nitrogen and oxygen atoms in total. The van der Waals surface area contributed by atoms with E-state index in [9.17, 15) is 24.5 Å². The van der Waals surface area contributed by atoms with Crippen molar-refractivity contribution in [2.24, 2.45) is 0 Å². The Morgan fingerprint density at radius 1 is 0.884 bits per heavy atom. The molecule has 0 aromatic heterocycles. The Morgan fingerprint density at radius 3 is 2.30 bits per heavy atom. The van der Waals surface area contributed by atoms with Crippen LogP contribution in [0.15, 0.2) is 101 Å². The summed E-state index contributed by atoms with van der Waals surface area (Å²) in [5.41, 5.74) is 2.01. The SMILES string of the molecule is O=C1NC(=O)N(c2ccc(OCc3ccc(Cl)cc3)cc2)C(=O)/C1=C/c1ccc(OCc2cccc([N+](=O)[O-])c2)c(Br)c1. The van der Waals surface area contributed by atoms with E-state index < -0.39 is 22.8 Å². The molecule has 0 radical (unpaired) electrons. The highest BCUT2D eigenvalue weighted by molar-refractivity contribution is 9.10. The van der Waals surface area contributed by atoms with Crippen LogP contribution in [0.5, 0.6) is 11.5 Å². The molecular weight excluding hydrogens is 642 g/mol. The summed E-state index contributed by atoms with van der Waals surface area (Å²) in [6.45, 7) is 0.388. The van der Waals surface area contributed by atoms with Gasteiger partial charge in [-0.2, -0.15) is 0 Å². The Morgan fingerprint density at radius 2 is 1.60 bits per heavy atom. The lowest BCUT2D eigenvalue weighted by Crippen LogP contribution is -2.54. The van der Waals surface area contributed by atoms with Gasteiger partial charge in [0.25, 0.3) is 17.5 Å². The lowest BCUT2D eigenvalue weighted by atomic mass is 10.1. The van der Waals surface area contributed by atoms with Gasteiger partial charge >= 0.3 is 6.03 Å². The molecule has 1 heterocycles. The van der Waals surface area contributed by atoms with Gasteiger partial charge in [-0.15, -0.1) is 0 Å². The van der Waals surface area contributed by atoms with Crippen molar-refractivity contribution in [3.05, 3.63) is 133 Å². The Kier molecular flexibility index (Phi) is 8.84. The monoisotopic (exact) mass is 661 g/mol. The minimum atomic E-state index is -0.868. The van der Waals surface area contributed by atoms with Gasteiger partial charge in [0.1, 0.15) is 30.3 Å². The topological polar surface area (TPSA) is 128 Å². The van der Waals surface area contributed by atoms with Gasteiger partial charge in [-0.3, -0.25) is 25.0 Å². The number of barbiturate groups is 1. The molecule has 1 saturated heterocycles. The molecule has 1 fully saturated rings. The zero-order valence-corrected chi connectivity index (χ0v) is 24.5. The lowest BCUT2D eigenvalue weighted by molar-refractivity contribution is -0.384. The molecule has 1 aliphatic heterocycles. The number of hydrogen-bond acceptors (Lipinski definition) is 7. The molecule has 0 aliphatic carbocycles. The molecule has 12 heteroatoms. The lowest BCUT2D eigenvalue weighted by Gasteiger charge is -2.26. The predicted octanol–water partition coefficient (Wildman–Crippen LogP) is 6.84. The molecule has 1 N–H and O–H groups in total. The summed E-state index contributed by atoms with van der Waals surface area (Å²) in [6, 6.07) is 23.7. The molecule has 0 unspecified atom stereocenters. The first-order valence-corrected chi connectivity index (χ1v) is 13.9. The third-order valence-electron chi connectivity index (χ3n) is 6.30. The maximum Gasteiger partial charge on any atom is 0.335 e. The van der Waals surface area contributed by atoms with Crippen molar-refractivity contribution in [3.8, 4) is 11.5 Å². The van der Waals surface area contributed by atoms with E-state index in [1.165, 1.54) is 18.2 Å². The Balaban J connectivity index is 1.28. The largest absolute Gasteiger partial charge is 0.489 e. The van der Waals surface area contributed by atoms with Crippen LogP contribution in [0.1, 0.15) is 16.7 Å². The molecule has 43 heavy (non-hydrogen) atoms. The van der Waals surface area contributed by atoms with E-state index >= 15 is 0 Å². The summed E-state index contributed by atoms with van der Waals surface area (Å²) in [6.07, 6.45) is 1.37. The summed E-state index contributed by atoms with van der Waals surface area (Å²) in [5, 5.41) is 13.8. The molecule has 0 bridgehead atoms. The van der Waals surface area contributed by atoms with Gasteiger partial charge in [-0.05, 0) is 87.2 Å². The predicted molar refractivity (Wildman–Crippen MR) is 163 cm³/mol. The van der Waals surface area contributed by atoms with Crippen molar-refractivity contribution in [1.82, 2.24) is 5.32 Å². The molecule has 1 aliphatic rings. The molecule has 4 amide bonds. The molecular formula is C31H21BrClN3O7. The number of imide groups is 2. The van der Waals surface area contributed by atoms with Crippen molar-refractivity contribution in [2.75, 3.05) is 4.90 Å². The fourth-order valence-electron chi connectivity index (χ4n) is 4.14. The number of nitrogens with zero attached hydrogens (tertiary/aromatic N) is 2. The third kappa shape index (κ3) is 7.08. The number of halogens is 2.